The number of aliphatic hydroxyl groups is 1. The largest absolute Gasteiger partial charge is 0.461 e. The van der Waals surface area contributed by atoms with Crippen LogP contribution in [0.3, 0.4) is 0 Å². The lowest BCUT2D eigenvalue weighted by molar-refractivity contribution is -0.968. The first-order chi connectivity index (χ1) is 11.5. The van der Waals surface area contributed by atoms with Gasteiger partial charge in [-0.15, -0.1) is 0 Å². The molecule has 2 fully saturated rings. The lowest BCUT2D eigenvalue weighted by Gasteiger charge is -2.49. The van der Waals surface area contributed by atoms with Crippen LogP contribution in [0.5, 0.6) is 0 Å². The maximum Gasteiger partial charge on any atom is 0.316 e. The SMILES string of the molecule is CC(C)[N+]1(C)[C@H]2CC[C@H]1CC(OC(=O)[C@H](CO)c1ccccc1)C2. The summed E-state index contributed by atoms with van der Waals surface area (Å²) >= 11 is 0. The topological polar surface area (TPSA) is 46.5 Å². The zero-order chi connectivity index (χ0) is 17.3. The van der Waals surface area contributed by atoms with E-state index in [9.17, 15) is 9.90 Å². The number of ether oxygens (including phenoxy) is 1. The Morgan fingerprint density at radius 3 is 2.29 bits per heavy atom. The minimum Gasteiger partial charge on any atom is -0.461 e. The highest BCUT2D eigenvalue weighted by atomic mass is 16.5. The first-order valence-electron chi connectivity index (χ1n) is 9.18. The van der Waals surface area contributed by atoms with Crippen molar-refractivity contribution in [3.8, 4) is 0 Å². The minimum atomic E-state index is -0.572. The van der Waals surface area contributed by atoms with Gasteiger partial charge in [-0.25, -0.2) is 0 Å². The van der Waals surface area contributed by atoms with Gasteiger partial charge in [0.2, 0.25) is 0 Å². The molecule has 2 heterocycles. The summed E-state index contributed by atoms with van der Waals surface area (Å²) < 4.78 is 6.96. The average molecular weight is 332 g/mol. The number of aliphatic hydroxyl groups excluding tert-OH is 1. The Bertz CT molecular complexity index is 558. The van der Waals surface area contributed by atoms with Crippen LogP contribution in [0, 0.1) is 0 Å². The van der Waals surface area contributed by atoms with Gasteiger partial charge in [-0.1, -0.05) is 30.3 Å². The summed E-state index contributed by atoms with van der Waals surface area (Å²) in [6.45, 7) is 4.39. The zero-order valence-corrected chi connectivity index (χ0v) is 15.0. The summed E-state index contributed by atoms with van der Waals surface area (Å²) in [5, 5.41) is 9.65. The molecular weight excluding hydrogens is 302 g/mol. The number of benzene rings is 1. The van der Waals surface area contributed by atoms with Gasteiger partial charge in [0.15, 0.2) is 0 Å². The van der Waals surface area contributed by atoms with Gasteiger partial charge in [0.1, 0.15) is 12.0 Å². The van der Waals surface area contributed by atoms with Crippen molar-refractivity contribution in [3.05, 3.63) is 35.9 Å². The van der Waals surface area contributed by atoms with Crippen molar-refractivity contribution in [1.82, 2.24) is 0 Å². The average Bonchev–Trinajstić information content (AvgIpc) is 2.74. The van der Waals surface area contributed by atoms with Gasteiger partial charge < -0.3 is 14.3 Å². The second-order valence-corrected chi connectivity index (χ2v) is 7.88. The molecule has 132 valence electrons. The van der Waals surface area contributed by atoms with E-state index < -0.39 is 5.92 Å². The molecule has 0 aliphatic carbocycles. The molecule has 1 aromatic rings. The standard InChI is InChI=1S/C20H30NO3/c1-14(2)21(3)16-9-10-17(21)12-18(11-16)24-20(23)19(13-22)15-7-5-4-6-8-15/h4-8,14,16-19,22H,9-13H2,1-3H3/q+1/t16-,17-,18?,19+,21?/m0/s1. The molecule has 2 bridgehead atoms. The lowest BCUT2D eigenvalue weighted by atomic mass is 9.94. The highest BCUT2D eigenvalue weighted by Gasteiger charge is 2.53. The number of carbonyl (C=O) groups is 1. The fraction of sp³-hybridized carbons (Fsp3) is 0.650. The van der Waals surface area contributed by atoms with E-state index in [2.05, 4.69) is 20.9 Å². The molecule has 2 aliphatic rings. The maximum atomic E-state index is 12.6. The van der Waals surface area contributed by atoms with E-state index in [1.807, 2.05) is 30.3 Å². The third-order valence-corrected chi connectivity index (χ3v) is 6.54. The number of carbonyl (C=O) groups excluding carboxylic acids is 1. The minimum absolute atomic E-state index is 0.00212. The van der Waals surface area contributed by atoms with E-state index in [1.54, 1.807) is 0 Å². The van der Waals surface area contributed by atoms with Gasteiger partial charge in [0.25, 0.3) is 0 Å². The molecule has 4 nitrogen and oxygen atoms in total. The van der Waals surface area contributed by atoms with Gasteiger partial charge in [-0.05, 0) is 19.4 Å². The molecule has 0 radical (unpaired) electrons. The van der Waals surface area contributed by atoms with Crippen LogP contribution in [0.15, 0.2) is 30.3 Å². The summed E-state index contributed by atoms with van der Waals surface area (Å²) in [6.07, 6.45) is 4.36. The van der Waals surface area contributed by atoms with E-state index in [0.717, 1.165) is 22.9 Å². The molecular formula is C20H30NO3+. The fourth-order valence-electron chi connectivity index (χ4n) is 4.82. The van der Waals surface area contributed by atoms with Crippen LogP contribution in [0.25, 0.3) is 0 Å². The monoisotopic (exact) mass is 332 g/mol. The van der Waals surface area contributed by atoms with Gasteiger partial charge in [-0.3, -0.25) is 4.79 Å². The van der Waals surface area contributed by atoms with Crippen molar-refractivity contribution < 1.29 is 19.1 Å². The van der Waals surface area contributed by atoms with E-state index in [-0.39, 0.29) is 18.7 Å². The summed E-state index contributed by atoms with van der Waals surface area (Å²) in [6, 6.07) is 11.2. The van der Waals surface area contributed by atoms with E-state index in [0.29, 0.717) is 18.1 Å². The number of esters is 1. The first-order valence-corrected chi connectivity index (χ1v) is 9.18. The van der Waals surface area contributed by atoms with Crippen LogP contribution in [0.4, 0.5) is 0 Å². The van der Waals surface area contributed by atoms with Crippen molar-refractivity contribution in [2.75, 3.05) is 13.7 Å². The molecule has 4 heteroatoms. The molecule has 0 unspecified atom stereocenters. The summed E-state index contributed by atoms with van der Waals surface area (Å²) in [5.74, 6) is -0.856. The molecule has 3 atom stereocenters. The number of quaternary nitrogens is 1. The van der Waals surface area contributed by atoms with Crippen molar-refractivity contribution in [2.45, 2.75) is 69.7 Å². The smallest absolute Gasteiger partial charge is 0.316 e. The lowest BCUT2D eigenvalue weighted by Crippen LogP contribution is -2.62. The third kappa shape index (κ3) is 2.98. The molecule has 2 saturated heterocycles. The maximum absolute atomic E-state index is 12.6. The first kappa shape index (κ1) is 17.4. The van der Waals surface area contributed by atoms with Crippen molar-refractivity contribution in [2.24, 2.45) is 0 Å². The molecule has 1 N–H and O–H groups in total. The third-order valence-electron chi connectivity index (χ3n) is 6.54. The Hall–Kier alpha value is -1.39. The normalized spacial score (nSPS) is 33.5. The van der Waals surface area contributed by atoms with Gasteiger partial charge in [0, 0.05) is 25.7 Å². The van der Waals surface area contributed by atoms with E-state index in [1.165, 1.54) is 12.8 Å². The number of hydrogen-bond donors (Lipinski definition) is 1. The summed E-state index contributed by atoms with van der Waals surface area (Å²) in [4.78, 5) is 12.6. The number of piperidine rings is 1. The number of nitrogens with zero attached hydrogens (tertiary/aromatic N) is 1. The zero-order valence-electron chi connectivity index (χ0n) is 15.0. The Balaban J connectivity index is 1.66. The molecule has 0 spiro atoms. The highest BCUT2D eigenvalue weighted by Crippen LogP contribution is 2.44. The summed E-state index contributed by atoms with van der Waals surface area (Å²) in [5.41, 5.74) is 0.826. The Morgan fingerprint density at radius 2 is 1.79 bits per heavy atom. The second-order valence-electron chi connectivity index (χ2n) is 7.88. The van der Waals surface area contributed by atoms with Crippen molar-refractivity contribution in [1.29, 1.82) is 0 Å². The van der Waals surface area contributed by atoms with Gasteiger partial charge in [0.05, 0.1) is 31.8 Å². The molecule has 3 rings (SSSR count). The quantitative estimate of drug-likeness (QED) is 0.666. The van der Waals surface area contributed by atoms with Gasteiger partial charge >= 0.3 is 5.97 Å². The van der Waals surface area contributed by atoms with Crippen LogP contribution in [-0.4, -0.2) is 53.4 Å². The van der Waals surface area contributed by atoms with Crippen LogP contribution in [0.1, 0.15) is 51.0 Å². The van der Waals surface area contributed by atoms with Crippen LogP contribution in [-0.2, 0) is 9.53 Å². The Morgan fingerprint density at radius 1 is 1.21 bits per heavy atom. The molecule has 0 amide bonds. The number of fused-ring (bicyclic) bond motifs is 2. The molecule has 24 heavy (non-hydrogen) atoms. The number of hydrogen-bond acceptors (Lipinski definition) is 3. The summed E-state index contributed by atoms with van der Waals surface area (Å²) in [7, 11) is 2.37. The molecule has 0 saturated carbocycles. The second kappa shape index (κ2) is 6.85. The molecule has 0 aromatic heterocycles. The Labute approximate surface area is 145 Å². The Kier molecular flexibility index (Phi) is 4.97. The van der Waals surface area contributed by atoms with Crippen LogP contribution < -0.4 is 0 Å². The predicted molar refractivity (Wildman–Crippen MR) is 93.5 cm³/mol. The highest BCUT2D eigenvalue weighted by molar-refractivity contribution is 5.78. The van der Waals surface area contributed by atoms with Gasteiger partial charge in [-0.2, -0.15) is 0 Å². The molecule has 1 aromatic carbocycles. The van der Waals surface area contributed by atoms with E-state index in [4.69, 9.17) is 4.74 Å². The van der Waals surface area contributed by atoms with Crippen molar-refractivity contribution in [3.63, 3.8) is 0 Å². The predicted octanol–water partition coefficient (Wildman–Crippen LogP) is 2.85. The fourth-order valence-corrected chi connectivity index (χ4v) is 4.82. The van der Waals surface area contributed by atoms with E-state index >= 15 is 0 Å². The van der Waals surface area contributed by atoms with Crippen LogP contribution in [0.2, 0.25) is 0 Å². The van der Waals surface area contributed by atoms with Crippen LogP contribution >= 0.6 is 0 Å². The number of rotatable bonds is 5. The van der Waals surface area contributed by atoms with Crippen molar-refractivity contribution >= 4 is 5.97 Å². The molecule has 2 aliphatic heterocycles.